The van der Waals surface area contributed by atoms with Crippen LogP contribution in [0.5, 0.6) is 0 Å². The Kier molecular flexibility index (Phi) is 2.77. The maximum atomic E-state index is 10.6. The maximum Gasteiger partial charge on any atom is 0.320 e. The molecular weight excluding hydrogens is 178 g/mol. The van der Waals surface area contributed by atoms with Crippen molar-refractivity contribution in [3.05, 3.63) is 0 Å². The summed E-state index contributed by atoms with van der Waals surface area (Å²) in [4.78, 5) is 10.6. The molecule has 0 aromatic carbocycles. The van der Waals surface area contributed by atoms with E-state index in [1.807, 2.05) is 0 Å². The van der Waals surface area contributed by atoms with Crippen molar-refractivity contribution in [2.75, 3.05) is 6.54 Å². The number of aliphatic carboxylic acids is 1. The number of carbonyl (C=O) groups is 1. The van der Waals surface area contributed by atoms with Gasteiger partial charge in [0.25, 0.3) is 0 Å². The van der Waals surface area contributed by atoms with Crippen LogP contribution in [0.25, 0.3) is 0 Å². The Morgan fingerprint density at radius 1 is 1.50 bits per heavy atom. The fourth-order valence-corrected chi connectivity index (χ4v) is 3.04. The second kappa shape index (κ2) is 3.89. The molecule has 0 aliphatic heterocycles. The normalized spacial score (nSPS) is 37.4. The molecule has 2 fully saturated rings. The summed E-state index contributed by atoms with van der Waals surface area (Å²) in [6, 6.07) is -0.394. The van der Waals surface area contributed by atoms with Gasteiger partial charge in [0.2, 0.25) is 0 Å². The van der Waals surface area contributed by atoms with E-state index in [0.717, 1.165) is 24.3 Å². The van der Waals surface area contributed by atoms with Gasteiger partial charge in [0.05, 0.1) is 0 Å². The fraction of sp³-hybridized carbons (Fsp3) is 0.909. The van der Waals surface area contributed by atoms with Crippen LogP contribution in [0.4, 0.5) is 0 Å². The third kappa shape index (κ3) is 1.92. The molecule has 0 aromatic heterocycles. The van der Waals surface area contributed by atoms with Crippen molar-refractivity contribution in [1.29, 1.82) is 0 Å². The molecule has 0 saturated heterocycles. The minimum atomic E-state index is -0.742. The van der Waals surface area contributed by atoms with Crippen LogP contribution in [0.1, 0.15) is 32.6 Å². The maximum absolute atomic E-state index is 10.6. The number of carboxylic acids is 1. The highest BCUT2D eigenvalue weighted by Gasteiger charge is 2.39. The Morgan fingerprint density at radius 3 is 2.79 bits per heavy atom. The number of nitrogens with one attached hydrogen (secondary N) is 1. The van der Waals surface area contributed by atoms with E-state index >= 15 is 0 Å². The Bertz CT molecular complexity index is 229. The molecule has 2 aliphatic rings. The molecule has 2 aliphatic carbocycles. The zero-order chi connectivity index (χ0) is 10.1. The standard InChI is InChI=1S/C11H19NO2/c1-7(11(13)14)12-6-10-5-8-2-3-9(10)4-8/h7-10,12H,2-6H2,1H3,(H,13,14)/t7-,8?,9?,10?/m0/s1. The van der Waals surface area contributed by atoms with Gasteiger partial charge in [-0.25, -0.2) is 0 Å². The fourth-order valence-electron chi connectivity index (χ4n) is 3.04. The first-order valence-electron chi connectivity index (χ1n) is 5.63. The van der Waals surface area contributed by atoms with Gasteiger partial charge >= 0.3 is 5.97 Å². The molecule has 0 aromatic rings. The predicted octanol–water partition coefficient (Wildman–Crippen LogP) is 1.49. The molecule has 2 rings (SSSR count). The van der Waals surface area contributed by atoms with E-state index in [9.17, 15) is 4.79 Å². The largest absolute Gasteiger partial charge is 0.480 e. The van der Waals surface area contributed by atoms with Crippen molar-refractivity contribution in [2.24, 2.45) is 17.8 Å². The lowest BCUT2D eigenvalue weighted by molar-refractivity contribution is -0.139. The topological polar surface area (TPSA) is 49.3 Å². The molecule has 4 atom stereocenters. The lowest BCUT2D eigenvalue weighted by Crippen LogP contribution is -2.38. The van der Waals surface area contributed by atoms with Gasteiger partial charge in [-0.05, 0) is 50.5 Å². The average Bonchev–Trinajstić information content (AvgIpc) is 2.74. The third-order valence-corrected chi connectivity index (χ3v) is 3.94. The highest BCUT2D eigenvalue weighted by molar-refractivity contribution is 5.72. The van der Waals surface area contributed by atoms with Gasteiger partial charge < -0.3 is 10.4 Å². The predicted molar refractivity (Wildman–Crippen MR) is 54.0 cm³/mol. The number of carboxylic acid groups (broad SMARTS) is 1. The summed E-state index contributed by atoms with van der Waals surface area (Å²) in [6.45, 7) is 2.62. The third-order valence-electron chi connectivity index (χ3n) is 3.94. The highest BCUT2D eigenvalue weighted by Crippen LogP contribution is 2.47. The quantitative estimate of drug-likeness (QED) is 0.717. The van der Waals surface area contributed by atoms with Crippen molar-refractivity contribution in [3.63, 3.8) is 0 Å². The Hall–Kier alpha value is -0.570. The molecule has 80 valence electrons. The zero-order valence-electron chi connectivity index (χ0n) is 8.70. The minimum Gasteiger partial charge on any atom is -0.480 e. The van der Waals surface area contributed by atoms with Crippen LogP contribution in [0.2, 0.25) is 0 Å². The zero-order valence-corrected chi connectivity index (χ0v) is 8.70. The number of hydrogen-bond donors (Lipinski definition) is 2. The number of hydrogen-bond acceptors (Lipinski definition) is 2. The molecule has 0 amide bonds. The molecule has 2 saturated carbocycles. The van der Waals surface area contributed by atoms with E-state index in [4.69, 9.17) is 5.11 Å². The van der Waals surface area contributed by atoms with Crippen LogP contribution < -0.4 is 5.32 Å². The van der Waals surface area contributed by atoms with Crippen molar-refractivity contribution < 1.29 is 9.90 Å². The average molecular weight is 197 g/mol. The molecule has 2 N–H and O–H groups in total. The molecule has 0 spiro atoms. The van der Waals surface area contributed by atoms with Gasteiger partial charge in [0.1, 0.15) is 6.04 Å². The van der Waals surface area contributed by atoms with Crippen molar-refractivity contribution in [3.8, 4) is 0 Å². The summed E-state index contributed by atoms with van der Waals surface area (Å²) >= 11 is 0. The van der Waals surface area contributed by atoms with E-state index in [0.29, 0.717) is 0 Å². The van der Waals surface area contributed by atoms with Gasteiger partial charge in [-0.3, -0.25) is 4.79 Å². The summed E-state index contributed by atoms with van der Waals surface area (Å²) in [7, 11) is 0. The second-order valence-electron chi connectivity index (χ2n) is 4.90. The van der Waals surface area contributed by atoms with Crippen LogP contribution >= 0.6 is 0 Å². The van der Waals surface area contributed by atoms with Gasteiger partial charge in [0.15, 0.2) is 0 Å². The van der Waals surface area contributed by atoms with Crippen LogP contribution in [0, 0.1) is 17.8 Å². The van der Waals surface area contributed by atoms with Crippen LogP contribution in [0.3, 0.4) is 0 Å². The first-order valence-corrected chi connectivity index (χ1v) is 5.63. The summed E-state index contributed by atoms with van der Waals surface area (Å²) in [5.41, 5.74) is 0. The van der Waals surface area contributed by atoms with E-state index in [1.54, 1.807) is 6.92 Å². The lowest BCUT2D eigenvalue weighted by atomic mass is 9.89. The van der Waals surface area contributed by atoms with E-state index in [2.05, 4.69) is 5.32 Å². The molecule has 0 heterocycles. The Balaban J connectivity index is 1.74. The summed E-state index contributed by atoms with van der Waals surface area (Å²) in [5.74, 6) is 1.84. The van der Waals surface area contributed by atoms with Gasteiger partial charge in [0, 0.05) is 0 Å². The van der Waals surface area contributed by atoms with Crippen LogP contribution in [-0.4, -0.2) is 23.7 Å². The lowest BCUT2D eigenvalue weighted by Gasteiger charge is -2.22. The molecule has 3 heteroatoms. The number of rotatable bonds is 4. The minimum absolute atomic E-state index is 0.394. The van der Waals surface area contributed by atoms with Gasteiger partial charge in [-0.1, -0.05) is 6.42 Å². The smallest absolute Gasteiger partial charge is 0.320 e. The van der Waals surface area contributed by atoms with Gasteiger partial charge in [-0.15, -0.1) is 0 Å². The summed E-state index contributed by atoms with van der Waals surface area (Å²) in [6.07, 6.45) is 5.51. The molecular formula is C11H19NO2. The van der Waals surface area contributed by atoms with Crippen molar-refractivity contribution in [2.45, 2.75) is 38.6 Å². The second-order valence-corrected chi connectivity index (χ2v) is 4.90. The Labute approximate surface area is 84.9 Å². The van der Waals surface area contributed by atoms with Crippen LogP contribution in [0.15, 0.2) is 0 Å². The molecule has 14 heavy (non-hydrogen) atoms. The van der Waals surface area contributed by atoms with Gasteiger partial charge in [-0.2, -0.15) is 0 Å². The first kappa shape index (κ1) is 9.97. The number of fused-ring (bicyclic) bond motifs is 2. The monoisotopic (exact) mass is 197 g/mol. The van der Waals surface area contributed by atoms with Crippen molar-refractivity contribution >= 4 is 5.97 Å². The first-order chi connectivity index (χ1) is 6.66. The van der Waals surface area contributed by atoms with Crippen molar-refractivity contribution in [1.82, 2.24) is 5.32 Å². The van der Waals surface area contributed by atoms with E-state index in [-0.39, 0.29) is 0 Å². The molecule has 2 bridgehead atoms. The summed E-state index contributed by atoms with van der Waals surface area (Å²) < 4.78 is 0. The van der Waals surface area contributed by atoms with E-state index in [1.165, 1.54) is 25.7 Å². The Morgan fingerprint density at radius 2 is 2.29 bits per heavy atom. The highest BCUT2D eigenvalue weighted by atomic mass is 16.4. The molecule has 3 nitrogen and oxygen atoms in total. The van der Waals surface area contributed by atoms with E-state index < -0.39 is 12.0 Å². The van der Waals surface area contributed by atoms with Crippen LogP contribution in [-0.2, 0) is 4.79 Å². The SMILES string of the molecule is C[C@H](NCC1CC2CCC1C2)C(=O)O. The summed E-state index contributed by atoms with van der Waals surface area (Å²) in [5, 5.41) is 11.8. The molecule has 3 unspecified atom stereocenters. The molecule has 0 radical (unpaired) electrons.